The molecule has 0 saturated carbocycles. The van der Waals surface area contributed by atoms with Crippen LogP contribution >= 0.6 is 24.0 Å². The standard InChI is InChI=1S/C23H32N4O3.HI/c1-3-24-23(25-15-18-8-9-22(29-2)21(28)14-18)26-16-19-6-4-5-7-20(19)17-27-10-12-30-13-11-27;/h4-9,14,28H,3,10-13,15-17H2,1-2H3,(H2,24,25,26);1H. The van der Waals surface area contributed by atoms with Gasteiger partial charge in [-0.1, -0.05) is 30.3 Å². The van der Waals surface area contributed by atoms with Crippen LogP contribution < -0.4 is 15.4 Å². The first-order valence-electron chi connectivity index (χ1n) is 10.4. The van der Waals surface area contributed by atoms with E-state index >= 15 is 0 Å². The average molecular weight is 540 g/mol. The molecule has 0 spiro atoms. The van der Waals surface area contributed by atoms with Crippen LogP contribution in [-0.4, -0.2) is 55.9 Å². The van der Waals surface area contributed by atoms with Crippen molar-refractivity contribution in [2.45, 2.75) is 26.6 Å². The Bertz CT molecular complexity index is 841. The molecule has 0 unspecified atom stereocenters. The third-order valence-corrected chi connectivity index (χ3v) is 5.07. The first-order valence-corrected chi connectivity index (χ1v) is 10.4. The molecule has 31 heavy (non-hydrogen) atoms. The van der Waals surface area contributed by atoms with Crippen molar-refractivity contribution in [1.29, 1.82) is 0 Å². The van der Waals surface area contributed by atoms with Crippen molar-refractivity contribution in [3.63, 3.8) is 0 Å². The van der Waals surface area contributed by atoms with Crippen molar-refractivity contribution < 1.29 is 14.6 Å². The van der Waals surface area contributed by atoms with Crippen molar-refractivity contribution >= 4 is 29.9 Å². The van der Waals surface area contributed by atoms with E-state index in [0.717, 1.165) is 50.9 Å². The van der Waals surface area contributed by atoms with Crippen molar-refractivity contribution in [3.8, 4) is 11.5 Å². The van der Waals surface area contributed by atoms with Gasteiger partial charge in [-0.15, -0.1) is 24.0 Å². The molecule has 0 aromatic heterocycles. The van der Waals surface area contributed by atoms with E-state index in [0.29, 0.717) is 18.8 Å². The van der Waals surface area contributed by atoms with E-state index in [4.69, 9.17) is 9.47 Å². The molecule has 0 amide bonds. The molecule has 170 valence electrons. The molecule has 1 heterocycles. The Morgan fingerprint density at radius 3 is 2.55 bits per heavy atom. The number of aliphatic imine (C=N–C) groups is 1. The van der Waals surface area contributed by atoms with E-state index in [1.807, 2.05) is 13.0 Å². The fourth-order valence-electron chi connectivity index (χ4n) is 3.41. The molecule has 3 rings (SSSR count). The first-order chi connectivity index (χ1) is 14.7. The predicted octanol–water partition coefficient (Wildman–Crippen LogP) is 3.11. The SMILES string of the molecule is CCNC(=NCc1ccc(OC)c(O)c1)NCc1ccccc1CN1CCOCC1.I. The Labute approximate surface area is 201 Å². The molecule has 8 heteroatoms. The van der Waals surface area contributed by atoms with Gasteiger partial charge in [0.05, 0.1) is 26.9 Å². The van der Waals surface area contributed by atoms with Gasteiger partial charge in [0.1, 0.15) is 0 Å². The summed E-state index contributed by atoms with van der Waals surface area (Å²) in [4.78, 5) is 7.08. The van der Waals surface area contributed by atoms with Crippen molar-refractivity contribution in [3.05, 3.63) is 59.2 Å². The van der Waals surface area contributed by atoms with Crippen LogP contribution in [0.4, 0.5) is 0 Å². The third-order valence-electron chi connectivity index (χ3n) is 5.07. The molecule has 7 nitrogen and oxygen atoms in total. The molecule has 1 saturated heterocycles. The van der Waals surface area contributed by atoms with Gasteiger partial charge in [0.15, 0.2) is 17.5 Å². The van der Waals surface area contributed by atoms with Crippen LogP contribution in [0.2, 0.25) is 0 Å². The molecule has 1 aliphatic rings. The Morgan fingerprint density at radius 2 is 1.87 bits per heavy atom. The summed E-state index contributed by atoms with van der Waals surface area (Å²) in [5, 5.41) is 16.7. The summed E-state index contributed by atoms with van der Waals surface area (Å²) in [5.74, 6) is 1.33. The van der Waals surface area contributed by atoms with Crippen LogP contribution in [-0.2, 0) is 24.4 Å². The van der Waals surface area contributed by atoms with Gasteiger partial charge in [0.2, 0.25) is 0 Å². The molecule has 0 aliphatic carbocycles. The number of rotatable bonds is 8. The summed E-state index contributed by atoms with van der Waals surface area (Å²) in [6.45, 7) is 8.46. The van der Waals surface area contributed by atoms with Gasteiger partial charge in [0, 0.05) is 32.7 Å². The number of phenols is 1. The number of methoxy groups -OCH3 is 1. The van der Waals surface area contributed by atoms with E-state index in [-0.39, 0.29) is 29.7 Å². The normalized spacial score (nSPS) is 14.6. The second kappa shape index (κ2) is 13.4. The largest absolute Gasteiger partial charge is 0.504 e. The smallest absolute Gasteiger partial charge is 0.191 e. The van der Waals surface area contributed by atoms with Crippen LogP contribution in [0.3, 0.4) is 0 Å². The van der Waals surface area contributed by atoms with Gasteiger partial charge >= 0.3 is 0 Å². The number of benzene rings is 2. The second-order valence-electron chi connectivity index (χ2n) is 7.21. The van der Waals surface area contributed by atoms with Crippen LogP contribution in [0.25, 0.3) is 0 Å². The Balaban J connectivity index is 0.00000341. The highest BCUT2D eigenvalue weighted by Crippen LogP contribution is 2.26. The summed E-state index contributed by atoms with van der Waals surface area (Å²) in [5.41, 5.74) is 3.50. The quantitative estimate of drug-likeness (QED) is 0.272. The average Bonchev–Trinajstić information content (AvgIpc) is 2.77. The van der Waals surface area contributed by atoms with Gasteiger partial charge in [0.25, 0.3) is 0 Å². The maximum atomic E-state index is 9.96. The Kier molecular flexibility index (Phi) is 10.9. The summed E-state index contributed by atoms with van der Waals surface area (Å²) >= 11 is 0. The van der Waals surface area contributed by atoms with Gasteiger partial charge in [-0.05, 0) is 35.7 Å². The number of aromatic hydroxyl groups is 1. The lowest BCUT2D eigenvalue weighted by Crippen LogP contribution is -2.38. The number of guanidine groups is 1. The van der Waals surface area contributed by atoms with Crippen LogP contribution in [0.1, 0.15) is 23.6 Å². The van der Waals surface area contributed by atoms with Crippen molar-refractivity contribution in [2.24, 2.45) is 4.99 Å². The maximum Gasteiger partial charge on any atom is 0.191 e. The number of nitrogens with zero attached hydrogens (tertiary/aromatic N) is 2. The summed E-state index contributed by atoms with van der Waals surface area (Å²) < 4.78 is 10.6. The van der Waals surface area contributed by atoms with E-state index in [1.54, 1.807) is 12.1 Å². The summed E-state index contributed by atoms with van der Waals surface area (Å²) in [6, 6.07) is 13.9. The molecular formula is C23H33IN4O3. The van der Waals surface area contributed by atoms with E-state index in [2.05, 4.69) is 44.8 Å². The fraction of sp³-hybridized carbons (Fsp3) is 0.435. The lowest BCUT2D eigenvalue weighted by molar-refractivity contribution is 0.0341. The first kappa shape index (κ1) is 25.2. The number of phenolic OH excluding ortho intramolecular Hbond substituents is 1. The third kappa shape index (κ3) is 7.86. The van der Waals surface area contributed by atoms with Crippen molar-refractivity contribution in [2.75, 3.05) is 40.0 Å². The van der Waals surface area contributed by atoms with E-state index < -0.39 is 0 Å². The van der Waals surface area contributed by atoms with Gasteiger partial charge in [-0.3, -0.25) is 4.90 Å². The number of ether oxygens (including phenoxy) is 2. The molecule has 2 aromatic carbocycles. The fourth-order valence-corrected chi connectivity index (χ4v) is 3.41. The number of hydrogen-bond donors (Lipinski definition) is 3. The van der Waals surface area contributed by atoms with Crippen LogP contribution in [0, 0.1) is 0 Å². The van der Waals surface area contributed by atoms with Crippen molar-refractivity contribution in [1.82, 2.24) is 15.5 Å². The molecule has 1 aliphatic heterocycles. The van der Waals surface area contributed by atoms with Gasteiger partial charge < -0.3 is 25.2 Å². The highest BCUT2D eigenvalue weighted by Gasteiger charge is 2.13. The summed E-state index contributed by atoms with van der Waals surface area (Å²) in [6.07, 6.45) is 0. The highest BCUT2D eigenvalue weighted by molar-refractivity contribution is 14.0. The molecule has 1 fully saturated rings. The summed E-state index contributed by atoms with van der Waals surface area (Å²) in [7, 11) is 1.54. The van der Waals surface area contributed by atoms with E-state index in [9.17, 15) is 5.11 Å². The topological polar surface area (TPSA) is 78.4 Å². The predicted molar refractivity (Wildman–Crippen MR) is 134 cm³/mol. The zero-order chi connectivity index (χ0) is 21.2. The maximum absolute atomic E-state index is 9.96. The minimum atomic E-state index is 0. The number of hydrogen-bond acceptors (Lipinski definition) is 5. The van der Waals surface area contributed by atoms with Crippen LogP contribution in [0.15, 0.2) is 47.5 Å². The molecule has 0 radical (unpaired) electrons. The number of nitrogens with one attached hydrogen (secondary N) is 2. The molecule has 2 aromatic rings. The Morgan fingerprint density at radius 1 is 1.13 bits per heavy atom. The monoisotopic (exact) mass is 540 g/mol. The van der Waals surface area contributed by atoms with Crippen LogP contribution in [0.5, 0.6) is 11.5 Å². The minimum Gasteiger partial charge on any atom is -0.504 e. The molecular weight excluding hydrogens is 507 g/mol. The lowest BCUT2D eigenvalue weighted by atomic mass is 10.1. The zero-order valence-electron chi connectivity index (χ0n) is 18.3. The Hall–Kier alpha value is -2.04. The lowest BCUT2D eigenvalue weighted by Gasteiger charge is -2.27. The van der Waals surface area contributed by atoms with Gasteiger partial charge in [-0.25, -0.2) is 4.99 Å². The zero-order valence-corrected chi connectivity index (χ0v) is 20.6. The minimum absolute atomic E-state index is 0. The highest BCUT2D eigenvalue weighted by atomic mass is 127. The van der Waals surface area contributed by atoms with E-state index in [1.165, 1.54) is 18.2 Å². The number of halogens is 1. The number of morpholine rings is 1. The molecule has 0 bridgehead atoms. The second-order valence-corrected chi connectivity index (χ2v) is 7.21. The molecule has 0 atom stereocenters. The molecule has 3 N–H and O–H groups in total. The van der Waals surface area contributed by atoms with Gasteiger partial charge in [-0.2, -0.15) is 0 Å².